The van der Waals surface area contributed by atoms with Crippen LogP contribution in [0.3, 0.4) is 0 Å². The third kappa shape index (κ3) is 5.62. The fraction of sp³-hybridized carbons (Fsp3) is 0.565. The van der Waals surface area contributed by atoms with Crippen LogP contribution in [0.4, 0.5) is 0 Å². The molecule has 0 atom stereocenters. The molecule has 8 nitrogen and oxygen atoms in total. The molecule has 1 aromatic rings. The van der Waals surface area contributed by atoms with E-state index in [0.29, 0.717) is 36.6 Å². The van der Waals surface area contributed by atoms with Crippen LogP contribution >= 0.6 is 0 Å². The lowest BCUT2D eigenvalue weighted by molar-refractivity contribution is -0.121. The van der Waals surface area contributed by atoms with Gasteiger partial charge in [-0.05, 0) is 50.7 Å². The lowest BCUT2D eigenvalue weighted by Gasteiger charge is -2.34. The molecule has 1 saturated heterocycles. The second kappa shape index (κ2) is 10.9. The highest BCUT2D eigenvalue weighted by atomic mass is 16.2. The molecule has 0 bridgehead atoms. The number of carbonyl (C=O) groups excluding carboxylic acids is 3. The summed E-state index contributed by atoms with van der Waals surface area (Å²) in [5.41, 5.74) is 1.000. The molecule has 31 heavy (non-hydrogen) atoms. The molecule has 168 valence electrons. The average Bonchev–Trinajstić information content (AvgIpc) is 3.03. The van der Waals surface area contributed by atoms with Crippen LogP contribution in [0.1, 0.15) is 59.7 Å². The first-order valence-corrected chi connectivity index (χ1v) is 11.2. The third-order valence-electron chi connectivity index (χ3n) is 5.93. The number of piperidine rings is 1. The number of imide groups is 1. The first-order valence-electron chi connectivity index (χ1n) is 11.2. The minimum atomic E-state index is -0.197. The van der Waals surface area contributed by atoms with Crippen molar-refractivity contribution < 1.29 is 14.4 Å². The predicted molar refractivity (Wildman–Crippen MR) is 120 cm³/mol. The number of amides is 3. The Bertz CT molecular complexity index is 795. The van der Waals surface area contributed by atoms with Crippen LogP contribution in [-0.2, 0) is 4.79 Å². The fourth-order valence-corrected chi connectivity index (χ4v) is 4.15. The number of aliphatic imine (C=N–C) groups is 1. The van der Waals surface area contributed by atoms with Crippen molar-refractivity contribution in [1.82, 2.24) is 20.4 Å². The van der Waals surface area contributed by atoms with Crippen LogP contribution < -0.4 is 10.6 Å². The van der Waals surface area contributed by atoms with Crippen molar-refractivity contribution in [3.8, 4) is 0 Å². The van der Waals surface area contributed by atoms with Crippen molar-refractivity contribution in [3.05, 3.63) is 35.4 Å². The van der Waals surface area contributed by atoms with Gasteiger partial charge >= 0.3 is 0 Å². The van der Waals surface area contributed by atoms with E-state index in [2.05, 4.69) is 22.5 Å². The number of nitrogens with one attached hydrogen (secondary N) is 2. The van der Waals surface area contributed by atoms with E-state index in [-0.39, 0.29) is 17.7 Å². The average molecular weight is 428 g/mol. The fourth-order valence-electron chi connectivity index (χ4n) is 4.15. The highest BCUT2D eigenvalue weighted by Crippen LogP contribution is 2.23. The molecule has 8 heteroatoms. The molecule has 0 aromatic heterocycles. The summed E-state index contributed by atoms with van der Waals surface area (Å²) in [5.74, 6) is 1.05. The number of unbranched alkanes of at least 4 members (excludes halogenated alkanes) is 1. The normalized spacial score (nSPS) is 17.2. The number of carbonyl (C=O) groups is 3. The van der Waals surface area contributed by atoms with E-state index in [1.807, 2.05) is 0 Å². The lowest BCUT2D eigenvalue weighted by Crippen LogP contribution is -2.46. The Balaban J connectivity index is 1.44. The van der Waals surface area contributed by atoms with Crippen molar-refractivity contribution in [2.45, 2.75) is 39.0 Å². The molecule has 0 aliphatic carbocycles. The van der Waals surface area contributed by atoms with Crippen LogP contribution in [0.15, 0.2) is 29.3 Å². The molecule has 2 N–H and O–H groups in total. The van der Waals surface area contributed by atoms with Gasteiger partial charge < -0.3 is 15.5 Å². The molecule has 2 aliphatic heterocycles. The molecule has 0 radical (unpaired) electrons. The summed E-state index contributed by atoms with van der Waals surface area (Å²) in [6, 6.07) is 6.98. The molecule has 3 amide bonds. The third-order valence-corrected chi connectivity index (χ3v) is 5.93. The number of hydrogen-bond donors (Lipinski definition) is 2. The highest BCUT2D eigenvalue weighted by Gasteiger charge is 2.34. The van der Waals surface area contributed by atoms with E-state index in [0.717, 1.165) is 51.3 Å². The van der Waals surface area contributed by atoms with Crippen LogP contribution in [0.5, 0.6) is 0 Å². The zero-order valence-corrected chi connectivity index (χ0v) is 18.5. The minimum absolute atomic E-state index is 0.108. The Morgan fingerprint density at radius 2 is 1.74 bits per heavy atom. The molecular weight excluding hydrogens is 394 g/mol. The maximum absolute atomic E-state index is 12.4. The van der Waals surface area contributed by atoms with Gasteiger partial charge in [-0.1, -0.05) is 12.1 Å². The molecular formula is C23H33N5O3. The first-order chi connectivity index (χ1) is 15.0. The summed E-state index contributed by atoms with van der Waals surface area (Å²) < 4.78 is 0. The summed E-state index contributed by atoms with van der Waals surface area (Å²) in [7, 11) is 1.68. The minimum Gasteiger partial charge on any atom is -0.359 e. The number of benzene rings is 1. The van der Waals surface area contributed by atoms with E-state index in [1.54, 1.807) is 31.3 Å². The standard InChI is InChI=1S/C23H33N5O3/c1-3-25-23(27-14-10-17(11-15-27)16-20(29)24-2)26-12-6-7-13-28-21(30)18-8-4-5-9-19(18)22(28)31/h4-5,8-9,17H,3,6-7,10-16H2,1-2H3,(H,24,29)(H,25,26). The summed E-state index contributed by atoms with van der Waals surface area (Å²) >= 11 is 0. The molecule has 1 fully saturated rings. The second-order valence-electron chi connectivity index (χ2n) is 8.06. The smallest absolute Gasteiger partial charge is 0.261 e. The van der Waals surface area contributed by atoms with Gasteiger partial charge in [0.1, 0.15) is 0 Å². The molecule has 3 rings (SSSR count). The Morgan fingerprint density at radius 1 is 1.10 bits per heavy atom. The van der Waals surface area contributed by atoms with E-state index in [9.17, 15) is 14.4 Å². The Kier molecular flexibility index (Phi) is 8.03. The zero-order chi connectivity index (χ0) is 22.2. The van der Waals surface area contributed by atoms with E-state index < -0.39 is 0 Å². The number of rotatable bonds is 8. The van der Waals surface area contributed by atoms with E-state index in [4.69, 9.17) is 4.99 Å². The van der Waals surface area contributed by atoms with Gasteiger partial charge in [0.15, 0.2) is 5.96 Å². The zero-order valence-electron chi connectivity index (χ0n) is 18.5. The van der Waals surface area contributed by atoms with Gasteiger partial charge in [-0.3, -0.25) is 24.3 Å². The first kappa shape index (κ1) is 22.8. The van der Waals surface area contributed by atoms with Crippen molar-refractivity contribution in [3.63, 3.8) is 0 Å². The summed E-state index contributed by atoms with van der Waals surface area (Å²) in [5, 5.41) is 6.06. The number of fused-ring (bicyclic) bond motifs is 1. The maximum atomic E-state index is 12.4. The van der Waals surface area contributed by atoms with Crippen LogP contribution in [0, 0.1) is 5.92 Å². The second-order valence-corrected chi connectivity index (χ2v) is 8.06. The number of hydrogen-bond acceptors (Lipinski definition) is 4. The number of likely N-dealkylation sites (tertiary alicyclic amines) is 1. The largest absolute Gasteiger partial charge is 0.359 e. The number of guanidine groups is 1. The van der Waals surface area contributed by atoms with Crippen molar-refractivity contribution in [2.75, 3.05) is 39.8 Å². The Hall–Kier alpha value is -2.90. The lowest BCUT2D eigenvalue weighted by atomic mass is 9.93. The highest BCUT2D eigenvalue weighted by molar-refractivity contribution is 6.21. The van der Waals surface area contributed by atoms with Gasteiger partial charge in [0.2, 0.25) is 5.91 Å². The monoisotopic (exact) mass is 427 g/mol. The number of nitrogens with zero attached hydrogens (tertiary/aromatic N) is 3. The van der Waals surface area contributed by atoms with Gasteiger partial charge in [-0.2, -0.15) is 0 Å². The van der Waals surface area contributed by atoms with Gasteiger partial charge in [0, 0.05) is 46.2 Å². The molecule has 0 saturated carbocycles. The van der Waals surface area contributed by atoms with Crippen LogP contribution in [0.25, 0.3) is 0 Å². The molecule has 2 heterocycles. The van der Waals surface area contributed by atoms with Gasteiger partial charge in [0.05, 0.1) is 11.1 Å². The SMILES string of the molecule is CCNC(=NCCCCN1C(=O)c2ccccc2C1=O)N1CCC(CC(=O)NC)CC1. The van der Waals surface area contributed by atoms with Crippen molar-refractivity contribution >= 4 is 23.7 Å². The van der Waals surface area contributed by atoms with E-state index in [1.165, 1.54) is 4.90 Å². The molecule has 1 aromatic carbocycles. The molecule has 2 aliphatic rings. The van der Waals surface area contributed by atoms with Gasteiger partial charge in [0.25, 0.3) is 11.8 Å². The quantitative estimate of drug-likeness (QED) is 0.286. The molecule has 0 unspecified atom stereocenters. The summed E-state index contributed by atoms with van der Waals surface area (Å²) in [4.78, 5) is 44.8. The van der Waals surface area contributed by atoms with Crippen LogP contribution in [-0.4, -0.2) is 73.3 Å². The summed E-state index contributed by atoms with van der Waals surface area (Å²) in [6.45, 7) is 5.69. The predicted octanol–water partition coefficient (Wildman–Crippen LogP) is 1.88. The Morgan fingerprint density at radius 3 is 2.32 bits per heavy atom. The van der Waals surface area contributed by atoms with Crippen molar-refractivity contribution in [2.24, 2.45) is 10.9 Å². The molecule has 0 spiro atoms. The Labute approximate surface area is 184 Å². The van der Waals surface area contributed by atoms with Gasteiger partial charge in [-0.25, -0.2) is 0 Å². The topological polar surface area (TPSA) is 94.1 Å². The summed E-state index contributed by atoms with van der Waals surface area (Å²) in [6.07, 6.45) is 4.09. The van der Waals surface area contributed by atoms with Crippen LogP contribution in [0.2, 0.25) is 0 Å². The maximum Gasteiger partial charge on any atom is 0.261 e. The van der Waals surface area contributed by atoms with Gasteiger partial charge in [-0.15, -0.1) is 0 Å². The van der Waals surface area contributed by atoms with Crippen molar-refractivity contribution in [1.29, 1.82) is 0 Å². The van der Waals surface area contributed by atoms with E-state index >= 15 is 0 Å².